The van der Waals surface area contributed by atoms with Crippen LogP contribution in [0.5, 0.6) is 0 Å². The second kappa shape index (κ2) is 11.8. The standard InChI is InChI=1S/C27H27N2SSi.C5H8O2.Ir/c1-27(2,3)22-16-18(15-17-9-7-8-10-19(17)22)24-25-20(13-14-28-24)21-11-12-23(31(4,5)6)29-26(21)30-25;1-4(6)3-5(2)7;/h7-14,16H,1-6H3;3,6H,1-2H3;/q-1;;/b;4-3-;. The molecule has 4 nitrogen and oxygen atoms in total. The van der Waals surface area contributed by atoms with Gasteiger partial charge in [-0.15, -0.1) is 40.5 Å². The normalized spacial score (nSPS) is 12.3. The van der Waals surface area contributed by atoms with Gasteiger partial charge in [0, 0.05) is 53.5 Å². The van der Waals surface area contributed by atoms with Gasteiger partial charge in [-0.1, -0.05) is 69.6 Å². The van der Waals surface area contributed by atoms with E-state index in [9.17, 15) is 4.79 Å². The maximum absolute atomic E-state index is 10.0. The Morgan fingerprint density at radius 2 is 1.69 bits per heavy atom. The molecule has 5 rings (SSSR count). The van der Waals surface area contributed by atoms with Crippen molar-refractivity contribution < 1.29 is 30.0 Å². The average Bonchev–Trinajstić information content (AvgIpc) is 3.20. The van der Waals surface area contributed by atoms with Crippen molar-refractivity contribution in [3.05, 3.63) is 78.2 Å². The number of nitrogens with zero attached hydrogens (tertiary/aromatic N) is 2. The van der Waals surface area contributed by atoms with Crippen molar-refractivity contribution in [3.63, 3.8) is 0 Å². The molecule has 0 spiro atoms. The summed E-state index contributed by atoms with van der Waals surface area (Å²) in [6.07, 6.45) is 3.09. The summed E-state index contributed by atoms with van der Waals surface area (Å²) >= 11 is 1.76. The number of fused-ring (bicyclic) bond motifs is 4. The van der Waals surface area contributed by atoms with Gasteiger partial charge in [-0.25, -0.2) is 4.98 Å². The van der Waals surface area contributed by atoms with Gasteiger partial charge in [0.15, 0.2) is 5.78 Å². The van der Waals surface area contributed by atoms with Crippen LogP contribution in [0.4, 0.5) is 0 Å². The third-order valence-corrected chi connectivity index (χ3v) is 9.21. The zero-order valence-electron chi connectivity index (χ0n) is 23.8. The van der Waals surface area contributed by atoms with Gasteiger partial charge in [-0.05, 0) is 42.8 Å². The molecule has 5 aromatic rings. The quantitative estimate of drug-likeness (QED) is 0.0878. The van der Waals surface area contributed by atoms with E-state index in [1.807, 2.05) is 6.20 Å². The largest absolute Gasteiger partial charge is 0.512 e. The van der Waals surface area contributed by atoms with Gasteiger partial charge in [0.2, 0.25) is 0 Å². The first-order valence-electron chi connectivity index (χ1n) is 12.8. The van der Waals surface area contributed by atoms with E-state index in [1.54, 1.807) is 11.3 Å². The van der Waals surface area contributed by atoms with E-state index in [2.05, 4.69) is 95.0 Å². The molecule has 205 valence electrons. The predicted octanol–water partition coefficient (Wildman–Crippen LogP) is 8.34. The van der Waals surface area contributed by atoms with E-state index in [4.69, 9.17) is 15.1 Å². The minimum atomic E-state index is -1.46. The average molecular weight is 732 g/mol. The summed E-state index contributed by atoms with van der Waals surface area (Å²) in [5, 5.41) is 14.5. The summed E-state index contributed by atoms with van der Waals surface area (Å²) in [6, 6.07) is 21.1. The topological polar surface area (TPSA) is 63.1 Å². The fourth-order valence-electron chi connectivity index (χ4n) is 4.47. The van der Waals surface area contributed by atoms with E-state index in [0.717, 1.165) is 21.5 Å². The van der Waals surface area contributed by atoms with Crippen LogP contribution in [0.1, 0.15) is 40.2 Å². The number of ketones is 1. The third-order valence-electron chi connectivity index (χ3n) is 6.27. The third kappa shape index (κ3) is 6.90. The molecule has 2 aromatic carbocycles. The van der Waals surface area contributed by atoms with Crippen molar-refractivity contribution in [2.45, 2.75) is 59.7 Å². The van der Waals surface area contributed by atoms with E-state index in [-0.39, 0.29) is 37.1 Å². The molecule has 0 amide bonds. The van der Waals surface area contributed by atoms with Crippen molar-refractivity contribution in [1.82, 2.24) is 9.97 Å². The molecule has 3 heterocycles. The summed E-state index contributed by atoms with van der Waals surface area (Å²) in [5.41, 5.74) is 3.43. The molecule has 0 saturated carbocycles. The van der Waals surface area contributed by atoms with Crippen LogP contribution in [0.15, 0.2) is 66.6 Å². The Morgan fingerprint density at radius 1 is 1.00 bits per heavy atom. The summed E-state index contributed by atoms with van der Waals surface area (Å²) in [4.78, 5) is 21.0. The van der Waals surface area contributed by atoms with E-state index < -0.39 is 8.07 Å². The number of aliphatic hydroxyl groups excluding tert-OH is 1. The number of carbonyl (C=O) groups excluding carboxylic acids is 1. The Hall–Kier alpha value is -2.70. The number of hydrogen-bond acceptors (Lipinski definition) is 5. The Kier molecular flexibility index (Phi) is 9.33. The molecular formula is C32H35IrN2O2SSi-. The molecule has 0 atom stereocenters. The van der Waals surface area contributed by atoms with Gasteiger partial charge in [0.25, 0.3) is 0 Å². The number of allylic oxidation sites excluding steroid dienone is 2. The number of aliphatic hydroxyl groups is 1. The first kappa shape index (κ1) is 30.8. The van der Waals surface area contributed by atoms with Crippen molar-refractivity contribution >= 4 is 61.6 Å². The molecule has 7 heteroatoms. The van der Waals surface area contributed by atoms with Crippen LogP contribution in [0.2, 0.25) is 19.6 Å². The first-order chi connectivity index (χ1) is 17.8. The minimum absolute atomic E-state index is 0. The summed E-state index contributed by atoms with van der Waals surface area (Å²) in [6.45, 7) is 16.7. The number of thiophene rings is 1. The molecule has 1 radical (unpaired) electrons. The maximum atomic E-state index is 10.0. The molecule has 0 bridgehead atoms. The maximum Gasteiger partial charge on any atom is 0.155 e. The smallest absolute Gasteiger partial charge is 0.155 e. The molecular weight excluding hydrogens is 697 g/mol. The van der Waals surface area contributed by atoms with Gasteiger partial charge in [0.05, 0.1) is 5.76 Å². The van der Waals surface area contributed by atoms with Crippen LogP contribution in [-0.2, 0) is 30.3 Å². The van der Waals surface area contributed by atoms with E-state index in [1.165, 1.54) is 51.7 Å². The number of hydrogen-bond donors (Lipinski definition) is 1. The number of aromatic nitrogens is 2. The second-order valence-corrected chi connectivity index (χ2v) is 17.7. The van der Waals surface area contributed by atoms with E-state index >= 15 is 0 Å². The Bertz CT molecular complexity index is 1690. The fourth-order valence-corrected chi connectivity index (χ4v) is 6.75. The van der Waals surface area contributed by atoms with Crippen molar-refractivity contribution in [2.24, 2.45) is 0 Å². The SMILES string of the molecule is CC(=O)/C=C(/C)O.CC(C)(C)c1cc(-c2nccc3c2sc2nc([Si](C)(C)C)ccc23)[c-]c2ccccc12.[Ir]. The van der Waals surface area contributed by atoms with Crippen molar-refractivity contribution in [3.8, 4) is 11.3 Å². The van der Waals surface area contributed by atoms with Crippen molar-refractivity contribution in [1.29, 1.82) is 0 Å². The molecule has 0 saturated heterocycles. The molecule has 0 fully saturated rings. The van der Waals surface area contributed by atoms with Crippen molar-refractivity contribution in [2.75, 3.05) is 0 Å². The van der Waals surface area contributed by atoms with Gasteiger partial charge < -0.3 is 5.11 Å². The Balaban J connectivity index is 0.000000468. The number of carbonyl (C=O) groups is 1. The van der Waals surface area contributed by atoms with Crippen LogP contribution in [0, 0.1) is 6.07 Å². The molecule has 0 aliphatic rings. The van der Waals surface area contributed by atoms with Crippen LogP contribution >= 0.6 is 11.3 Å². The summed E-state index contributed by atoms with van der Waals surface area (Å²) < 4.78 is 1.20. The van der Waals surface area contributed by atoms with Gasteiger partial charge in [0.1, 0.15) is 12.9 Å². The Morgan fingerprint density at radius 3 is 2.28 bits per heavy atom. The molecule has 0 aliphatic heterocycles. The van der Waals surface area contributed by atoms with Crippen LogP contribution in [-0.4, -0.2) is 28.9 Å². The second-order valence-electron chi connectivity index (χ2n) is 11.7. The number of benzene rings is 2. The van der Waals surface area contributed by atoms with Gasteiger partial charge >= 0.3 is 0 Å². The zero-order valence-corrected chi connectivity index (χ0v) is 28.0. The summed E-state index contributed by atoms with van der Waals surface area (Å²) in [7, 11) is -1.46. The number of pyridine rings is 2. The van der Waals surface area contributed by atoms with Crippen LogP contribution in [0.25, 0.3) is 42.3 Å². The minimum Gasteiger partial charge on any atom is -0.512 e. The monoisotopic (exact) mass is 732 g/mol. The first-order valence-corrected chi connectivity index (χ1v) is 17.1. The molecule has 1 N–H and O–H groups in total. The molecule has 0 aliphatic carbocycles. The molecule has 39 heavy (non-hydrogen) atoms. The van der Waals surface area contributed by atoms with Gasteiger partial charge in [-0.2, -0.15) is 0 Å². The number of rotatable bonds is 3. The fraction of sp³-hybridized carbons (Fsp3) is 0.281. The molecule has 0 unspecified atom stereocenters. The Labute approximate surface area is 249 Å². The van der Waals surface area contributed by atoms with E-state index in [0.29, 0.717) is 0 Å². The predicted molar refractivity (Wildman–Crippen MR) is 165 cm³/mol. The molecule has 3 aromatic heterocycles. The van der Waals surface area contributed by atoms with Crippen LogP contribution < -0.4 is 5.32 Å². The van der Waals surface area contributed by atoms with Crippen LogP contribution in [0.3, 0.4) is 0 Å². The van der Waals surface area contributed by atoms with Gasteiger partial charge in [-0.3, -0.25) is 9.78 Å². The summed E-state index contributed by atoms with van der Waals surface area (Å²) in [5.74, 6) is -0.0625. The zero-order chi connectivity index (χ0) is 27.8.